The molecule has 0 spiro atoms. The number of fused-ring (bicyclic) bond motifs is 5. The minimum absolute atomic E-state index is 0.588. The molecule has 8 heteroatoms. The standard InChI is InChI=1S/C36H24N6S2/c37-23-21-31(40-26-13-3-7-17-33(26)43-34-18-8-4-14-27(34)40)32(22-30(23)42-38-24-11-1-2-12-25(24)39-42)41-28-15-5-9-19-35(28)44-36-20-10-6-16-29(36)41/h1-22H,37H2. The van der Waals surface area contributed by atoms with E-state index in [1.165, 1.54) is 19.6 Å². The summed E-state index contributed by atoms with van der Waals surface area (Å²) in [5.74, 6) is 0. The van der Waals surface area contributed by atoms with E-state index in [0.29, 0.717) is 5.69 Å². The third-order valence-corrected chi connectivity index (χ3v) is 10.2. The van der Waals surface area contributed by atoms with Gasteiger partial charge < -0.3 is 15.5 Å². The zero-order valence-electron chi connectivity index (χ0n) is 23.3. The molecular weight excluding hydrogens is 581 g/mol. The van der Waals surface area contributed by atoms with Crippen molar-refractivity contribution in [2.24, 2.45) is 0 Å². The summed E-state index contributed by atoms with van der Waals surface area (Å²) in [4.78, 5) is 11.1. The van der Waals surface area contributed by atoms with Gasteiger partial charge in [-0.2, -0.15) is 0 Å². The highest BCUT2D eigenvalue weighted by atomic mass is 32.2. The smallest absolute Gasteiger partial charge is 0.113 e. The highest BCUT2D eigenvalue weighted by Gasteiger charge is 2.32. The van der Waals surface area contributed by atoms with Crippen LogP contribution in [0.3, 0.4) is 0 Å². The molecule has 1 aromatic heterocycles. The molecule has 44 heavy (non-hydrogen) atoms. The van der Waals surface area contributed by atoms with Gasteiger partial charge in [0.15, 0.2) is 0 Å². The number of nitrogens with zero attached hydrogens (tertiary/aromatic N) is 5. The van der Waals surface area contributed by atoms with Crippen LogP contribution in [0.4, 0.5) is 39.8 Å². The first-order valence-electron chi connectivity index (χ1n) is 14.3. The lowest BCUT2D eigenvalue weighted by molar-refractivity contribution is 0.767. The molecule has 0 aliphatic carbocycles. The Balaban J connectivity index is 1.37. The Morgan fingerprint density at radius 2 is 0.773 bits per heavy atom. The molecule has 0 bridgehead atoms. The fourth-order valence-electron chi connectivity index (χ4n) is 6.01. The molecule has 3 heterocycles. The predicted octanol–water partition coefficient (Wildman–Crippen LogP) is 9.87. The van der Waals surface area contributed by atoms with Gasteiger partial charge in [-0.25, -0.2) is 0 Å². The molecule has 2 N–H and O–H groups in total. The Labute approximate surface area is 262 Å². The fraction of sp³-hybridized carbons (Fsp3) is 0. The van der Waals surface area contributed by atoms with Crippen molar-refractivity contribution in [1.82, 2.24) is 15.0 Å². The number of para-hydroxylation sites is 4. The molecule has 0 amide bonds. The second-order valence-electron chi connectivity index (χ2n) is 10.6. The molecular formula is C36H24N6S2. The minimum atomic E-state index is 0.588. The first kappa shape index (κ1) is 25.3. The van der Waals surface area contributed by atoms with Crippen LogP contribution in [0.1, 0.15) is 0 Å². The van der Waals surface area contributed by atoms with E-state index in [4.69, 9.17) is 15.9 Å². The van der Waals surface area contributed by atoms with Crippen molar-refractivity contribution < 1.29 is 0 Å². The molecule has 0 unspecified atom stereocenters. The lowest BCUT2D eigenvalue weighted by atomic mass is 10.1. The van der Waals surface area contributed by atoms with Gasteiger partial charge in [-0.3, -0.25) is 0 Å². The van der Waals surface area contributed by atoms with Gasteiger partial charge in [0.05, 0.1) is 39.8 Å². The molecule has 2 aliphatic rings. The van der Waals surface area contributed by atoms with Gasteiger partial charge in [-0.1, -0.05) is 84.2 Å². The molecule has 6 aromatic carbocycles. The lowest BCUT2D eigenvalue weighted by Crippen LogP contribution is -2.21. The normalized spacial score (nSPS) is 13.3. The molecule has 210 valence electrons. The van der Waals surface area contributed by atoms with Crippen molar-refractivity contribution in [3.63, 3.8) is 0 Å². The number of nitrogens with two attached hydrogens (primary N) is 1. The van der Waals surface area contributed by atoms with Crippen molar-refractivity contribution >= 4 is 74.4 Å². The highest BCUT2D eigenvalue weighted by molar-refractivity contribution is 8.00. The second-order valence-corrected chi connectivity index (χ2v) is 12.8. The maximum Gasteiger partial charge on any atom is 0.113 e. The maximum atomic E-state index is 6.95. The van der Waals surface area contributed by atoms with Crippen molar-refractivity contribution in [1.29, 1.82) is 0 Å². The number of anilines is 7. The summed E-state index contributed by atoms with van der Waals surface area (Å²) in [7, 11) is 0. The first-order valence-corrected chi connectivity index (χ1v) is 15.9. The summed E-state index contributed by atoms with van der Waals surface area (Å²) < 4.78 is 0. The van der Waals surface area contributed by atoms with Crippen LogP contribution in [0.2, 0.25) is 0 Å². The van der Waals surface area contributed by atoms with E-state index >= 15 is 0 Å². The number of rotatable bonds is 3. The van der Waals surface area contributed by atoms with Crippen LogP contribution in [-0.4, -0.2) is 15.0 Å². The minimum Gasteiger partial charge on any atom is -0.397 e. The van der Waals surface area contributed by atoms with Crippen LogP contribution in [-0.2, 0) is 0 Å². The lowest BCUT2D eigenvalue weighted by Gasteiger charge is -2.39. The van der Waals surface area contributed by atoms with Crippen LogP contribution in [0.5, 0.6) is 0 Å². The van der Waals surface area contributed by atoms with Gasteiger partial charge in [-0.15, -0.1) is 15.0 Å². The van der Waals surface area contributed by atoms with Gasteiger partial charge >= 0.3 is 0 Å². The average molecular weight is 605 g/mol. The molecule has 9 rings (SSSR count). The van der Waals surface area contributed by atoms with E-state index in [9.17, 15) is 0 Å². The maximum absolute atomic E-state index is 6.95. The average Bonchev–Trinajstić information content (AvgIpc) is 3.50. The quantitative estimate of drug-likeness (QED) is 0.201. The third kappa shape index (κ3) is 3.92. The Kier molecular flexibility index (Phi) is 5.72. The Bertz CT molecular complexity index is 2120. The predicted molar refractivity (Wildman–Crippen MR) is 181 cm³/mol. The van der Waals surface area contributed by atoms with Gasteiger partial charge in [-0.05, 0) is 72.8 Å². The zero-order chi connectivity index (χ0) is 29.2. The van der Waals surface area contributed by atoms with Crippen LogP contribution in [0, 0.1) is 0 Å². The van der Waals surface area contributed by atoms with E-state index in [1.54, 1.807) is 28.3 Å². The summed E-state index contributed by atoms with van der Waals surface area (Å²) >= 11 is 3.59. The summed E-state index contributed by atoms with van der Waals surface area (Å²) in [6.45, 7) is 0. The molecule has 0 radical (unpaired) electrons. The van der Waals surface area contributed by atoms with Crippen molar-refractivity contribution in [3.8, 4) is 5.69 Å². The Hall–Kier alpha value is -5.18. The van der Waals surface area contributed by atoms with Gasteiger partial charge in [0.2, 0.25) is 0 Å². The summed E-state index contributed by atoms with van der Waals surface area (Å²) in [5, 5.41) is 9.64. The van der Waals surface area contributed by atoms with Gasteiger partial charge in [0, 0.05) is 19.6 Å². The highest BCUT2D eigenvalue weighted by Crippen LogP contribution is 2.58. The van der Waals surface area contributed by atoms with E-state index in [1.807, 2.05) is 24.3 Å². The Morgan fingerprint density at radius 3 is 1.20 bits per heavy atom. The monoisotopic (exact) mass is 604 g/mol. The molecule has 6 nitrogen and oxygen atoms in total. The fourth-order valence-corrected chi connectivity index (χ4v) is 8.13. The van der Waals surface area contributed by atoms with Crippen molar-refractivity contribution in [3.05, 3.63) is 133 Å². The number of hydrogen-bond acceptors (Lipinski definition) is 7. The van der Waals surface area contributed by atoms with Crippen LogP contribution < -0.4 is 15.5 Å². The first-order chi connectivity index (χ1) is 21.7. The van der Waals surface area contributed by atoms with Crippen molar-refractivity contribution in [2.45, 2.75) is 19.6 Å². The van der Waals surface area contributed by atoms with Crippen LogP contribution in [0.15, 0.2) is 153 Å². The SMILES string of the molecule is Nc1cc(N2c3ccccc3Sc3ccccc32)c(N2c3ccccc3Sc3ccccc32)cc1-n1nc2ccccc2n1. The number of hydrogen-bond donors (Lipinski definition) is 1. The van der Waals surface area contributed by atoms with Crippen LogP contribution in [0.25, 0.3) is 16.7 Å². The molecule has 0 fully saturated rings. The molecule has 0 atom stereocenters. The molecule has 7 aromatic rings. The summed E-state index contributed by atoms with van der Waals surface area (Å²) in [6, 6.07) is 46.4. The van der Waals surface area contributed by atoms with E-state index in [-0.39, 0.29) is 0 Å². The topological polar surface area (TPSA) is 63.2 Å². The summed E-state index contributed by atoms with van der Waals surface area (Å²) in [6.07, 6.45) is 0. The van der Waals surface area contributed by atoms with E-state index < -0.39 is 0 Å². The summed E-state index contributed by atoms with van der Waals surface area (Å²) in [5.41, 5.74) is 16.3. The zero-order valence-corrected chi connectivity index (χ0v) is 25.0. The van der Waals surface area contributed by atoms with E-state index in [2.05, 4.69) is 119 Å². The molecule has 0 saturated heterocycles. The largest absolute Gasteiger partial charge is 0.397 e. The van der Waals surface area contributed by atoms with Gasteiger partial charge in [0.1, 0.15) is 16.7 Å². The second kappa shape index (κ2) is 9.94. The number of aromatic nitrogens is 3. The van der Waals surface area contributed by atoms with Crippen molar-refractivity contribution in [2.75, 3.05) is 15.5 Å². The number of nitrogen functional groups attached to an aromatic ring is 1. The third-order valence-electron chi connectivity index (χ3n) is 7.97. The number of benzene rings is 6. The van der Waals surface area contributed by atoms with Crippen LogP contribution >= 0.6 is 23.5 Å². The molecule has 0 saturated carbocycles. The Morgan fingerprint density at radius 1 is 0.409 bits per heavy atom. The van der Waals surface area contributed by atoms with Gasteiger partial charge in [0.25, 0.3) is 0 Å². The molecule has 2 aliphatic heterocycles. The van der Waals surface area contributed by atoms with E-state index in [0.717, 1.165) is 50.8 Å².